The van der Waals surface area contributed by atoms with Gasteiger partial charge in [0.25, 0.3) is 5.91 Å². The Balaban J connectivity index is 1.88. The second-order valence-electron chi connectivity index (χ2n) is 6.10. The van der Waals surface area contributed by atoms with Gasteiger partial charge in [0.1, 0.15) is 5.75 Å². The zero-order valence-corrected chi connectivity index (χ0v) is 17.8. The van der Waals surface area contributed by atoms with Crippen LogP contribution in [0.1, 0.15) is 19.4 Å². The van der Waals surface area contributed by atoms with Crippen molar-refractivity contribution in [1.29, 1.82) is 0 Å². The lowest BCUT2D eigenvalue weighted by Crippen LogP contribution is -2.28. The molecule has 6 nitrogen and oxygen atoms in total. The monoisotopic (exact) mass is 412 g/mol. The number of hydrogen-bond donors (Lipinski definition) is 0. The number of carbonyl (C=O) groups is 1. The second kappa shape index (κ2) is 9.52. The minimum atomic E-state index is -0.0578. The largest absolute Gasteiger partial charge is 0.497 e. The molecule has 1 amide bonds. The molecule has 0 spiro atoms. The molecular weight excluding hydrogens is 388 g/mol. The number of carbonyl (C=O) groups excluding carboxylic acids is 1. The number of rotatable bonds is 7. The van der Waals surface area contributed by atoms with Crippen LogP contribution in [0.4, 0.5) is 5.69 Å². The summed E-state index contributed by atoms with van der Waals surface area (Å²) in [6, 6.07) is 13.0. The van der Waals surface area contributed by atoms with E-state index in [9.17, 15) is 4.79 Å². The molecule has 0 radical (unpaired) electrons. The zero-order valence-electron chi connectivity index (χ0n) is 17.0. The van der Waals surface area contributed by atoms with Crippen molar-refractivity contribution in [2.45, 2.75) is 13.8 Å². The molecule has 1 aliphatic heterocycles. The van der Waals surface area contributed by atoms with Gasteiger partial charge in [0, 0.05) is 6.54 Å². The van der Waals surface area contributed by atoms with E-state index in [1.54, 1.807) is 19.1 Å². The highest BCUT2D eigenvalue weighted by atomic mass is 32.2. The normalized spacial score (nSPS) is 16.6. The first-order chi connectivity index (χ1) is 14.1. The molecule has 0 atom stereocenters. The first-order valence-electron chi connectivity index (χ1n) is 9.34. The summed E-state index contributed by atoms with van der Waals surface area (Å²) in [6.07, 6.45) is 1.85. The molecule has 0 N–H and O–H groups in total. The predicted molar refractivity (Wildman–Crippen MR) is 117 cm³/mol. The zero-order chi connectivity index (χ0) is 20.8. The van der Waals surface area contributed by atoms with E-state index >= 15 is 0 Å². The number of hydrogen-bond acceptors (Lipinski definition) is 6. The van der Waals surface area contributed by atoms with Crippen LogP contribution in [0, 0.1) is 0 Å². The molecule has 29 heavy (non-hydrogen) atoms. The van der Waals surface area contributed by atoms with Crippen LogP contribution in [0.2, 0.25) is 0 Å². The number of methoxy groups -OCH3 is 2. The van der Waals surface area contributed by atoms with E-state index in [1.807, 2.05) is 62.4 Å². The average Bonchev–Trinajstić information content (AvgIpc) is 3.03. The van der Waals surface area contributed by atoms with Gasteiger partial charge in [-0.15, -0.1) is 0 Å². The quantitative estimate of drug-likeness (QED) is 0.616. The van der Waals surface area contributed by atoms with Gasteiger partial charge in [0.15, 0.2) is 16.7 Å². The molecule has 0 aromatic heterocycles. The Kier molecular flexibility index (Phi) is 6.82. The van der Waals surface area contributed by atoms with Crippen LogP contribution in [0.15, 0.2) is 52.4 Å². The van der Waals surface area contributed by atoms with Crippen LogP contribution in [0.3, 0.4) is 0 Å². The van der Waals surface area contributed by atoms with Gasteiger partial charge in [0.05, 0.1) is 31.4 Å². The Morgan fingerprint density at radius 2 is 1.79 bits per heavy atom. The second-order valence-corrected chi connectivity index (χ2v) is 7.10. The molecule has 2 aromatic carbocycles. The van der Waals surface area contributed by atoms with Crippen LogP contribution in [-0.4, -0.2) is 43.3 Å². The summed E-state index contributed by atoms with van der Waals surface area (Å²) in [5.41, 5.74) is 1.63. The number of amides is 1. The summed E-state index contributed by atoms with van der Waals surface area (Å²) in [7, 11) is 3.22. The van der Waals surface area contributed by atoms with Crippen molar-refractivity contribution in [3.05, 3.63) is 52.9 Å². The maximum atomic E-state index is 12.8. The van der Waals surface area contributed by atoms with Gasteiger partial charge >= 0.3 is 0 Å². The fourth-order valence-electron chi connectivity index (χ4n) is 2.84. The van der Waals surface area contributed by atoms with Crippen LogP contribution in [0.5, 0.6) is 17.2 Å². The van der Waals surface area contributed by atoms with Crippen LogP contribution < -0.4 is 14.2 Å². The third-order valence-corrected chi connectivity index (χ3v) is 5.29. The van der Waals surface area contributed by atoms with Gasteiger partial charge in [-0.3, -0.25) is 9.69 Å². The summed E-state index contributed by atoms with van der Waals surface area (Å²) >= 11 is 1.36. The van der Waals surface area contributed by atoms with Crippen LogP contribution >= 0.6 is 11.8 Å². The van der Waals surface area contributed by atoms with E-state index < -0.39 is 0 Å². The van der Waals surface area contributed by atoms with Gasteiger partial charge in [-0.1, -0.05) is 6.07 Å². The highest BCUT2D eigenvalue weighted by Gasteiger charge is 2.32. The Bertz CT molecular complexity index is 938. The molecule has 0 saturated carbocycles. The summed E-state index contributed by atoms with van der Waals surface area (Å²) < 4.78 is 16.1. The van der Waals surface area contributed by atoms with E-state index in [0.29, 0.717) is 34.7 Å². The molecule has 1 heterocycles. The highest BCUT2D eigenvalue weighted by Crippen LogP contribution is 2.36. The van der Waals surface area contributed by atoms with Gasteiger partial charge in [0.2, 0.25) is 0 Å². The molecule has 1 fully saturated rings. The molecule has 0 aliphatic carbocycles. The first kappa shape index (κ1) is 20.8. The molecule has 0 bridgehead atoms. The minimum Gasteiger partial charge on any atom is -0.497 e. The molecule has 0 unspecified atom stereocenters. The van der Waals surface area contributed by atoms with Gasteiger partial charge in [-0.25, -0.2) is 4.99 Å². The van der Waals surface area contributed by atoms with E-state index in [0.717, 1.165) is 17.0 Å². The van der Waals surface area contributed by atoms with Crippen molar-refractivity contribution in [3.8, 4) is 17.2 Å². The van der Waals surface area contributed by atoms with E-state index in [2.05, 4.69) is 4.99 Å². The maximum Gasteiger partial charge on any atom is 0.266 e. The number of benzene rings is 2. The lowest BCUT2D eigenvalue weighted by atomic mass is 10.2. The molecule has 152 valence electrons. The molecular formula is C22H24N2O4S. The number of likely N-dealkylation sites (N-methyl/N-ethyl adjacent to an activating group) is 1. The number of nitrogens with zero attached hydrogens (tertiary/aromatic N) is 2. The van der Waals surface area contributed by atoms with E-state index in [1.165, 1.54) is 11.8 Å². The first-order valence-corrected chi connectivity index (χ1v) is 10.2. The van der Waals surface area contributed by atoms with Crippen LogP contribution in [-0.2, 0) is 4.79 Å². The van der Waals surface area contributed by atoms with Crippen molar-refractivity contribution in [3.63, 3.8) is 0 Å². The standard InChI is InChI=1S/C22H24N2O4S/c1-5-24-21(25)20(14-15-7-12-18(28-6-2)19(13-15)27-4)29-22(24)23-16-8-10-17(26-3)11-9-16/h7-14H,5-6H2,1-4H3/b20-14+,23-22?. The molecule has 2 aromatic rings. The predicted octanol–water partition coefficient (Wildman–Crippen LogP) is 4.73. The molecule has 1 aliphatic rings. The Hall–Kier alpha value is -2.93. The van der Waals surface area contributed by atoms with E-state index in [4.69, 9.17) is 14.2 Å². The molecule has 1 saturated heterocycles. The van der Waals surface area contributed by atoms with Crippen LogP contribution in [0.25, 0.3) is 6.08 Å². The van der Waals surface area contributed by atoms with Gasteiger partial charge in [-0.2, -0.15) is 0 Å². The number of ether oxygens (including phenoxy) is 3. The summed E-state index contributed by atoms with van der Waals surface area (Å²) in [5, 5.41) is 0.659. The minimum absolute atomic E-state index is 0.0578. The summed E-state index contributed by atoms with van der Waals surface area (Å²) in [6.45, 7) is 4.96. The van der Waals surface area contributed by atoms with Crippen molar-refractivity contribution in [1.82, 2.24) is 4.90 Å². The highest BCUT2D eigenvalue weighted by molar-refractivity contribution is 8.18. The number of aliphatic imine (C=N–C) groups is 1. The number of amidine groups is 1. The van der Waals surface area contributed by atoms with Gasteiger partial charge < -0.3 is 14.2 Å². The third-order valence-electron chi connectivity index (χ3n) is 4.29. The Labute approximate surface area is 175 Å². The SMILES string of the molecule is CCOc1ccc(/C=C2/SC(=Nc3ccc(OC)cc3)N(CC)C2=O)cc1OC. The molecule has 3 rings (SSSR count). The van der Waals surface area contributed by atoms with Crippen molar-refractivity contribution < 1.29 is 19.0 Å². The van der Waals surface area contributed by atoms with Crippen molar-refractivity contribution in [2.24, 2.45) is 4.99 Å². The van der Waals surface area contributed by atoms with Crippen molar-refractivity contribution in [2.75, 3.05) is 27.4 Å². The lowest BCUT2D eigenvalue weighted by molar-refractivity contribution is -0.122. The fraction of sp³-hybridized carbons (Fsp3) is 0.273. The molecule has 7 heteroatoms. The third kappa shape index (κ3) is 4.74. The Morgan fingerprint density at radius 1 is 1.03 bits per heavy atom. The van der Waals surface area contributed by atoms with E-state index in [-0.39, 0.29) is 5.91 Å². The smallest absolute Gasteiger partial charge is 0.266 e. The number of thioether (sulfide) groups is 1. The van der Waals surface area contributed by atoms with Gasteiger partial charge in [-0.05, 0) is 73.6 Å². The van der Waals surface area contributed by atoms with Crippen molar-refractivity contribution >= 4 is 34.6 Å². The summed E-state index contributed by atoms with van der Waals surface area (Å²) in [4.78, 5) is 19.8. The lowest BCUT2D eigenvalue weighted by Gasteiger charge is -2.12. The fourth-order valence-corrected chi connectivity index (χ4v) is 3.90. The average molecular weight is 413 g/mol. The Morgan fingerprint density at radius 3 is 2.41 bits per heavy atom. The summed E-state index contributed by atoms with van der Waals surface area (Å²) in [5.74, 6) is 2.02. The maximum absolute atomic E-state index is 12.8. The topological polar surface area (TPSA) is 60.4 Å².